The SMILES string of the molecule is COc1cc(O)c(/C(=N/OC(C)(C)C)c2c(O)ccc[n+]2[O-])cc1[N+](=O)[O-]. The number of nitrogens with zero attached hydrogens (tertiary/aromatic N) is 3. The smallest absolute Gasteiger partial charge is 0.311 e. The van der Waals surface area contributed by atoms with E-state index in [1.165, 1.54) is 19.2 Å². The zero-order chi connectivity index (χ0) is 20.4. The predicted molar refractivity (Wildman–Crippen MR) is 94.9 cm³/mol. The van der Waals surface area contributed by atoms with Crippen molar-refractivity contribution in [1.82, 2.24) is 0 Å². The van der Waals surface area contributed by atoms with E-state index in [1.54, 1.807) is 20.8 Å². The molecule has 1 aromatic heterocycles. The number of pyridine rings is 1. The molecular weight excluding hydrogens is 358 g/mol. The Labute approximate surface area is 154 Å². The fourth-order valence-electron chi connectivity index (χ4n) is 2.16. The van der Waals surface area contributed by atoms with Gasteiger partial charge in [-0.05, 0) is 26.8 Å². The topological polar surface area (TPSA) is 141 Å². The summed E-state index contributed by atoms with van der Waals surface area (Å²) in [6.07, 6.45) is 1.11. The van der Waals surface area contributed by atoms with Crippen LogP contribution in [0, 0.1) is 15.3 Å². The van der Waals surface area contributed by atoms with Gasteiger partial charge >= 0.3 is 5.69 Å². The van der Waals surface area contributed by atoms with Crippen molar-refractivity contribution in [3.63, 3.8) is 0 Å². The molecule has 0 aliphatic rings. The number of hydrogen-bond acceptors (Lipinski definition) is 8. The van der Waals surface area contributed by atoms with Crippen molar-refractivity contribution < 1.29 is 29.4 Å². The Bertz CT molecular complexity index is 884. The molecule has 0 atom stereocenters. The number of methoxy groups -OCH3 is 1. The zero-order valence-corrected chi connectivity index (χ0v) is 15.2. The van der Waals surface area contributed by atoms with Crippen LogP contribution in [0.1, 0.15) is 32.0 Å². The molecular formula is C17H19N3O7. The molecule has 0 bridgehead atoms. The minimum atomic E-state index is -0.766. The Balaban J connectivity index is 2.79. The maximum absolute atomic E-state index is 12.2. The summed E-state index contributed by atoms with van der Waals surface area (Å²) in [7, 11) is 1.22. The molecule has 27 heavy (non-hydrogen) atoms. The second-order valence-electron chi connectivity index (χ2n) is 6.51. The highest BCUT2D eigenvalue weighted by atomic mass is 16.6. The second kappa shape index (κ2) is 7.36. The van der Waals surface area contributed by atoms with Gasteiger partial charge in [0.25, 0.3) is 5.69 Å². The van der Waals surface area contributed by atoms with Gasteiger partial charge in [0.05, 0.1) is 17.6 Å². The lowest BCUT2D eigenvalue weighted by atomic mass is 10.0. The molecule has 1 aromatic carbocycles. The summed E-state index contributed by atoms with van der Waals surface area (Å²) in [4.78, 5) is 15.9. The van der Waals surface area contributed by atoms with E-state index >= 15 is 0 Å². The van der Waals surface area contributed by atoms with Crippen LogP contribution in [0.3, 0.4) is 0 Å². The van der Waals surface area contributed by atoms with Crippen LogP contribution in [0.5, 0.6) is 17.2 Å². The van der Waals surface area contributed by atoms with E-state index in [4.69, 9.17) is 9.57 Å². The fraction of sp³-hybridized carbons (Fsp3) is 0.294. The van der Waals surface area contributed by atoms with Crippen molar-refractivity contribution in [2.75, 3.05) is 7.11 Å². The third kappa shape index (κ3) is 4.35. The van der Waals surface area contributed by atoms with Crippen LogP contribution in [-0.4, -0.2) is 33.6 Å². The van der Waals surface area contributed by atoms with E-state index in [2.05, 4.69) is 5.16 Å². The van der Waals surface area contributed by atoms with Gasteiger partial charge < -0.3 is 25.0 Å². The maximum atomic E-state index is 12.2. The number of nitro groups is 1. The number of oxime groups is 1. The van der Waals surface area contributed by atoms with Crippen LogP contribution in [0.15, 0.2) is 35.6 Å². The summed E-state index contributed by atoms with van der Waals surface area (Å²) in [5.74, 6) is -1.07. The number of aromatic nitrogens is 1. The maximum Gasteiger partial charge on any atom is 0.311 e. The molecule has 0 saturated heterocycles. The van der Waals surface area contributed by atoms with Gasteiger partial charge in [-0.3, -0.25) is 10.1 Å². The molecule has 144 valence electrons. The molecule has 0 unspecified atom stereocenters. The lowest BCUT2D eigenvalue weighted by Crippen LogP contribution is -2.35. The Morgan fingerprint density at radius 1 is 1.26 bits per heavy atom. The molecule has 0 amide bonds. The van der Waals surface area contributed by atoms with Crippen LogP contribution in [-0.2, 0) is 4.84 Å². The number of rotatable bonds is 5. The van der Waals surface area contributed by atoms with Gasteiger partial charge in [0.1, 0.15) is 11.4 Å². The van der Waals surface area contributed by atoms with Gasteiger partial charge in [-0.15, -0.1) is 0 Å². The van der Waals surface area contributed by atoms with Crippen molar-refractivity contribution in [1.29, 1.82) is 0 Å². The van der Waals surface area contributed by atoms with Crippen molar-refractivity contribution in [3.8, 4) is 17.2 Å². The summed E-state index contributed by atoms with van der Waals surface area (Å²) in [5.41, 5.74) is -2.02. The number of hydrogen-bond donors (Lipinski definition) is 2. The first-order valence-electron chi connectivity index (χ1n) is 7.78. The Morgan fingerprint density at radius 2 is 1.93 bits per heavy atom. The van der Waals surface area contributed by atoms with Crippen LogP contribution >= 0.6 is 0 Å². The Hall–Kier alpha value is -3.56. The standard InChI is InChI=1S/C17H19N3O7/c1-17(2,3)27-18-15(16-12(21)6-5-7-19(16)23)10-8-11(20(24)25)14(26-4)9-13(10)22/h5-9,21-22H,1-4H3/b18-15-. The summed E-state index contributed by atoms with van der Waals surface area (Å²) < 4.78 is 5.22. The van der Waals surface area contributed by atoms with E-state index in [-0.39, 0.29) is 22.7 Å². The lowest BCUT2D eigenvalue weighted by molar-refractivity contribution is -0.607. The highest BCUT2D eigenvalue weighted by molar-refractivity contribution is 6.14. The summed E-state index contributed by atoms with van der Waals surface area (Å²) >= 11 is 0. The minimum Gasteiger partial charge on any atom is -0.618 e. The second-order valence-corrected chi connectivity index (χ2v) is 6.51. The molecule has 0 spiro atoms. The van der Waals surface area contributed by atoms with E-state index in [1.807, 2.05) is 0 Å². The fourth-order valence-corrected chi connectivity index (χ4v) is 2.16. The number of phenolic OH excluding ortho intramolecular Hbond substituents is 1. The first-order chi connectivity index (χ1) is 12.5. The van der Waals surface area contributed by atoms with Gasteiger partial charge in [0, 0.05) is 18.2 Å². The van der Waals surface area contributed by atoms with E-state index < -0.39 is 27.7 Å². The van der Waals surface area contributed by atoms with E-state index in [9.17, 15) is 25.5 Å². The minimum absolute atomic E-state index is 0.176. The third-order valence-corrected chi connectivity index (χ3v) is 3.32. The average molecular weight is 377 g/mol. The number of nitro benzene ring substituents is 1. The number of benzene rings is 1. The molecule has 2 N–H and O–H groups in total. The normalized spacial score (nSPS) is 11.9. The molecule has 10 nitrogen and oxygen atoms in total. The molecule has 2 aromatic rings. The van der Waals surface area contributed by atoms with Crippen molar-refractivity contribution in [2.45, 2.75) is 26.4 Å². The van der Waals surface area contributed by atoms with Crippen LogP contribution in [0.2, 0.25) is 0 Å². The van der Waals surface area contributed by atoms with E-state index in [0.29, 0.717) is 4.73 Å². The Morgan fingerprint density at radius 3 is 2.44 bits per heavy atom. The average Bonchev–Trinajstić information content (AvgIpc) is 2.56. The van der Waals surface area contributed by atoms with Gasteiger partial charge in [-0.25, -0.2) is 0 Å². The molecule has 0 fully saturated rings. The van der Waals surface area contributed by atoms with Crippen LogP contribution in [0.25, 0.3) is 0 Å². The molecule has 1 heterocycles. The third-order valence-electron chi connectivity index (χ3n) is 3.32. The monoisotopic (exact) mass is 377 g/mol. The molecule has 0 aliphatic carbocycles. The highest BCUT2D eigenvalue weighted by Crippen LogP contribution is 2.35. The van der Waals surface area contributed by atoms with Gasteiger partial charge in [0.15, 0.2) is 17.7 Å². The molecule has 0 saturated carbocycles. The molecule has 2 rings (SSSR count). The van der Waals surface area contributed by atoms with Crippen molar-refractivity contribution >= 4 is 11.4 Å². The molecule has 0 aliphatic heterocycles. The van der Waals surface area contributed by atoms with Gasteiger partial charge in [-0.1, -0.05) is 5.16 Å². The van der Waals surface area contributed by atoms with E-state index in [0.717, 1.165) is 18.3 Å². The van der Waals surface area contributed by atoms with Gasteiger partial charge in [-0.2, -0.15) is 4.73 Å². The lowest BCUT2D eigenvalue weighted by Gasteiger charge is -2.17. The Kier molecular flexibility index (Phi) is 5.39. The summed E-state index contributed by atoms with van der Waals surface area (Å²) in [5, 5.41) is 47.9. The quantitative estimate of drug-likeness (QED) is 0.267. The highest BCUT2D eigenvalue weighted by Gasteiger charge is 2.29. The summed E-state index contributed by atoms with van der Waals surface area (Å²) in [6, 6.07) is 4.57. The van der Waals surface area contributed by atoms with Crippen molar-refractivity contribution in [2.24, 2.45) is 5.16 Å². The number of phenols is 1. The first-order valence-corrected chi connectivity index (χ1v) is 7.78. The number of aromatic hydroxyl groups is 2. The number of ether oxygens (including phenoxy) is 1. The largest absolute Gasteiger partial charge is 0.618 e. The molecule has 10 heteroatoms. The van der Waals surface area contributed by atoms with Gasteiger partial charge in [0.2, 0.25) is 5.75 Å². The molecule has 0 radical (unpaired) electrons. The van der Waals surface area contributed by atoms with Crippen molar-refractivity contribution in [3.05, 3.63) is 57.0 Å². The van der Waals surface area contributed by atoms with Crippen LogP contribution < -0.4 is 9.47 Å². The zero-order valence-electron chi connectivity index (χ0n) is 15.2. The first kappa shape index (κ1) is 19.8. The van der Waals surface area contributed by atoms with Crippen LogP contribution in [0.4, 0.5) is 5.69 Å². The predicted octanol–water partition coefficient (Wildman–Crippen LogP) is 2.22. The summed E-state index contributed by atoms with van der Waals surface area (Å²) in [6.45, 7) is 5.08.